The van der Waals surface area contributed by atoms with E-state index in [1.165, 1.54) is 0 Å². The van der Waals surface area contributed by atoms with Gasteiger partial charge < -0.3 is 5.11 Å². The van der Waals surface area contributed by atoms with Gasteiger partial charge in [0.15, 0.2) is 0 Å². The maximum absolute atomic E-state index is 9.16. The van der Waals surface area contributed by atoms with Gasteiger partial charge in [-0.05, 0) is 13.8 Å². The van der Waals surface area contributed by atoms with E-state index in [0.29, 0.717) is 11.4 Å². The molecule has 0 saturated carbocycles. The quantitative estimate of drug-likeness (QED) is 0.760. The lowest BCUT2D eigenvalue weighted by molar-refractivity contribution is 0.193. The molecule has 12 heavy (non-hydrogen) atoms. The van der Waals surface area contributed by atoms with E-state index in [9.17, 15) is 0 Å². The Labute approximate surface area is 77.0 Å². The van der Waals surface area contributed by atoms with Crippen molar-refractivity contribution in [3.63, 3.8) is 0 Å². The van der Waals surface area contributed by atoms with E-state index in [2.05, 4.69) is 5.10 Å². The number of rotatable bonds is 2. The van der Waals surface area contributed by atoms with Crippen LogP contribution in [-0.4, -0.2) is 21.0 Å². The lowest BCUT2D eigenvalue weighted by atomic mass is 10.2. The minimum atomic E-state index is -0.378. The van der Waals surface area contributed by atoms with E-state index in [0.717, 1.165) is 11.4 Å². The molecule has 0 aliphatic rings. The Kier molecular flexibility index (Phi) is 2.75. The molecule has 0 fully saturated rings. The van der Waals surface area contributed by atoms with Crippen molar-refractivity contribution in [2.45, 2.75) is 26.4 Å². The van der Waals surface area contributed by atoms with Gasteiger partial charge in [0.05, 0.1) is 22.5 Å². The minimum absolute atomic E-state index is 0.378. The first kappa shape index (κ1) is 9.55. The second kappa shape index (κ2) is 3.46. The fourth-order valence-electron chi connectivity index (χ4n) is 1.18. The molecule has 0 aromatic carbocycles. The third kappa shape index (κ3) is 1.79. The van der Waals surface area contributed by atoms with Crippen LogP contribution in [0.5, 0.6) is 0 Å². The lowest BCUT2D eigenvalue weighted by Crippen LogP contribution is -2.09. The standard InChI is InChI=1S/C8H13ClN2O/c1-5(12)4-7-8(9)6(2)10-11(7)3/h5,12H,4H2,1-3H3. The molecule has 4 heteroatoms. The maximum atomic E-state index is 9.16. The molecule has 0 amide bonds. The molecule has 1 unspecified atom stereocenters. The summed E-state index contributed by atoms with van der Waals surface area (Å²) in [6.07, 6.45) is 0.174. The highest BCUT2D eigenvalue weighted by atomic mass is 35.5. The molecular formula is C8H13ClN2O. The summed E-state index contributed by atoms with van der Waals surface area (Å²) >= 11 is 5.96. The second-order valence-corrected chi connectivity index (χ2v) is 3.40. The predicted octanol–water partition coefficient (Wildman–Crippen LogP) is 1.31. The SMILES string of the molecule is Cc1nn(C)c(CC(C)O)c1Cl. The highest BCUT2D eigenvalue weighted by Gasteiger charge is 2.12. The van der Waals surface area contributed by atoms with Gasteiger partial charge in [0.1, 0.15) is 0 Å². The zero-order valence-corrected chi connectivity index (χ0v) is 8.26. The summed E-state index contributed by atoms with van der Waals surface area (Å²) in [6, 6.07) is 0. The van der Waals surface area contributed by atoms with Crippen molar-refractivity contribution in [2.75, 3.05) is 0 Å². The van der Waals surface area contributed by atoms with Gasteiger partial charge >= 0.3 is 0 Å². The molecule has 68 valence electrons. The van der Waals surface area contributed by atoms with Gasteiger partial charge in [-0.15, -0.1) is 0 Å². The van der Waals surface area contributed by atoms with Crippen molar-refractivity contribution < 1.29 is 5.11 Å². The minimum Gasteiger partial charge on any atom is -0.393 e. The van der Waals surface area contributed by atoms with Crippen molar-refractivity contribution in [1.82, 2.24) is 9.78 Å². The van der Waals surface area contributed by atoms with E-state index in [1.54, 1.807) is 11.6 Å². The van der Waals surface area contributed by atoms with Gasteiger partial charge in [0.25, 0.3) is 0 Å². The molecule has 1 aromatic rings. The number of nitrogens with zero attached hydrogens (tertiary/aromatic N) is 2. The normalized spacial score (nSPS) is 13.4. The Bertz CT molecular complexity index is 281. The van der Waals surface area contributed by atoms with Crippen LogP contribution in [0.25, 0.3) is 0 Å². The molecule has 1 heterocycles. The summed E-state index contributed by atoms with van der Waals surface area (Å²) in [5, 5.41) is 14.0. The Morgan fingerprint density at radius 3 is 2.58 bits per heavy atom. The molecule has 0 spiro atoms. The zero-order valence-electron chi connectivity index (χ0n) is 7.50. The van der Waals surface area contributed by atoms with E-state index >= 15 is 0 Å². The Hall–Kier alpha value is -0.540. The molecule has 0 aliphatic carbocycles. The predicted molar refractivity (Wildman–Crippen MR) is 48.3 cm³/mol. The highest BCUT2D eigenvalue weighted by Crippen LogP contribution is 2.20. The van der Waals surface area contributed by atoms with Crippen LogP contribution in [0.1, 0.15) is 18.3 Å². The van der Waals surface area contributed by atoms with Crippen molar-refractivity contribution >= 4 is 11.6 Å². The van der Waals surface area contributed by atoms with Crippen LogP contribution < -0.4 is 0 Å². The molecule has 3 nitrogen and oxygen atoms in total. The summed E-state index contributed by atoms with van der Waals surface area (Å²) in [6.45, 7) is 3.59. The molecule has 1 N–H and O–H groups in total. The van der Waals surface area contributed by atoms with Gasteiger partial charge in [-0.1, -0.05) is 11.6 Å². The molecule has 1 aromatic heterocycles. The first-order chi connectivity index (χ1) is 5.52. The Morgan fingerprint density at radius 2 is 2.25 bits per heavy atom. The van der Waals surface area contributed by atoms with Crippen LogP contribution in [-0.2, 0) is 13.5 Å². The molecular weight excluding hydrogens is 176 g/mol. The fraction of sp³-hybridized carbons (Fsp3) is 0.625. The summed E-state index contributed by atoms with van der Waals surface area (Å²) in [7, 11) is 1.83. The van der Waals surface area contributed by atoms with Gasteiger partial charge in [-0.25, -0.2) is 0 Å². The van der Waals surface area contributed by atoms with E-state index in [-0.39, 0.29) is 6.10 Å². The van der Waals surface area contributed by atoms with Crippen LogP contribution in [0.2, 0.25) is 5.02 Å². The van der Waals surface area contributed by atoms with E-state index in [1.807, 2.05) is 14.0 Å². The largest absolute Gasteiger partial charge is 0.393 e. The van der Waals surface area contributed by atoms with Crippen LogP contribution in [0.3, 0.4) is 0 Å². The maximum Gasteiger partial charge on any atom is 0.0847 e. The smallest absolute Gasteiger partial charge is 0.0847 e. The first-order valence-electron chi connectivity index (χ1n) is 3.88. The zero-order chi connectivity index (χ0) is 9.30. The van der Waals surface area contributed by atoms with E-state index < -0.39 is 0 Å². The van der Waals surface area contributed by atoms with Crippen molar-refractivity contribution in [3.8, 4) is 0 Å². The summed E-state index contributed by atoms with van der Waals surface area (Å²) < 4.78 is 1.71. The Balaban J connectivity index is 2.97. The topological polar surface area (TPSA) is 38.0 Å². The van der Waals surface area contributed by atoms with Gasteiger partial charge in [0, 0.05) is 13.5 Å². The van der Waals surface area contributed by atoms with Gasteiger partial charge in [0.2, 0.25) is 0 Å². The van der Waals surface area contributed by atoms with Gasteiger partial charge in [-0.2, -0.15) is 5.10 Å². The van der Waals surface area contributed by atoms with Gasteiger partial charge in [-0.3, -0.25) is 4.68 Å². The first-order valence-corrected chi connectivity index (χ1v) is 4.26. The van der Waals surface area contributed by atoms with Crippen LogP contribution in [0.15, 0.2) is 0 Å². The van der Waals surface area contributed by atoms with Crippen molar-refractivity contribution in [2.24, 2.45) is 7.05 Å². The third-order valence-electron chi connectivity index (χ3n) is 1.75. The Morgan fingerprint density at radius 1 is 1.67 bits per heavy atom. The average Bonchev–Trinajstić information content (AvgIpc) is 2.16. The van der Waals surface area contributed by atoms with Crippen LogP contribution in [0, 0.1) is 6.92 Å². The number of aryl methyl sites for hydroxylation is 2. The molecule has 0 aliphatic heterocycles. The lowest BCUT2D eigenvalue weighted by Gasteiger charge is -2.04. The van der Waals surface area contributed by atoms with E-state index in [4.69, 9.17) is 16.7 Å². The fourth-order valence-corrected chi connectivity index (χ4v) is 1.42. The monoisotopic (exact) mass is 188 g/mol. The van der Waals surface area contributed by atoms with Crippen molar-refractivity contribution in [3.05, 3.63) is 16.4 Å². The van der Waals surface area contributed by atoms with Crippen LogP contribution in [0.4, 0.5) is 0 Å². The third-order valence-corrected chi connectivity index (χ3v) is 2.24. The molecule has 0 radical (unpaired) electrons. The number of aromatic nitrogens is 2. The summed E-state index contributed by atoms with van der Waals surface area (Å²) in [5.41, 5.74) is 1.71. The molecule has 0 saturated heterocycles. The summed E-state index contributed by atoms with van der Waals surface area (Å²) in [4.78, 5) is 0. The number of halogens is 1. The summed E-state index contributed by atoms with van der Waals surface area (Å²) in [5.74, 6) is 0. The molecule has 1 atom stereocenters. The van der Waals surface area contributed by atoms with Crippen molar-refractivity contribution in [1.29, 1.82) is 0 Å². The average molecular weight is 189 g/mol. The molecule has 1 rings (SSSR count). The second-order valence-electron chi connectivity index (χ2n) is 3.02. The number of hydrogen-bond acceptors (Lipinski definition) is 2. The number of aliphatic hydroxyl groups is 1. The van der Waals surface area contributed by atoms with Crippen LogP contribution >= 0.6 is 11.6 Å². The highest BCUT2D eigenvalue weighted by molar-refractivity contribution is 6.31. The molecule has 0 bridgehead atoms. The number of aliphatic hydroxyl groups excluding tert-OH is 1. The number of hydrogen-bond donors (Lipinski definition) is 1.